The van der Waals surface area contributed by atoms with Gasteiger partial charge >= 0.3 is 0 Å². The van der Waals surface area contributed by atoms with Crippen LogP contribution in [0.25, 0.3) is 0 Å². The van der Waals surface area contributed by atoms with Crippen molar-refractivity contribution in [3.8, 4) is 5.75 Å². The molecule has 0 spiro atoms. The number of anilines is 1. The molecule has 30 heavy (non-hydrogen) atoms. The highest BCUT2D eigenvalue weighted by molar-refractivity contribution is 7.91. The Morgan fingerprint density at radius 2 is 2.03 bits per heavy atom. The van der Waals surface area contributed by atoms with Gasteiger partial charge in [-0.25, -0.2) is 13.1 Å². The summed E-state index contributed by atoms with van der Waals surface area (Å²) in [5, 5.41) is 7.33. The van der Waals surface area contributed by atoms with Crippen LogP contribution in [0.3, 0.4) is 0 Å². The van der Waals surface area contributed by atoms with Crippen molar-refractivity contribution >= 4 is 21.6 Å². The number of hydrogen-bond donors (Lipinski definition) is 1. The molecular weight excluding hydrogens is 402 g/mol. The average Bonchev–Trinajstić information content (AvgIpc) is 3.41. The fourth-order valence-electron chi connectivity index (χ4n) is 4.29. The molecule has 1 aliphatic carbocycles. The Morgan fingerprint density at radius 3 is 2.77 bits per heavy atom. The minimum atomic E-state index is -3.02. The zero-order valence-electron chi connectivity index (χ0n) is 17.3. The predicted octanol–water partition coefficient (Wildman–Crippen LogP) is 3.44. The highest BCUT2D eigenvalue weighted by Gasteiger charge is 2.31. The molecule has 7 nitrogen and oxygen atoms in total. The summed E-state index contributed by atoms with van der Waals surface area (Å²) in [6.07, 6.45) is 6.47. The topological polar surface area (TPSA) is 90.3 Å². The van der Waals surface area contributed by atoms with Crippen LogP contribution in [0.5, 0.6) is 5.75 Å². The van der Waals surface area contributed by atoms with Crippen LogP contribution >= 0.6 is 0 Å². The molecule has 1 amide bonds. The summed E-state index contributed by atoms with van der Waals surface area (Å²) in [6, 6.07) is 9.54. The van der Waals surface area contributed by atoms with Gasteiger partial charge in [0.1, 0.15) is 11.6 Å². The second-order valence-corrected chi connectivity index (χ2v) is 10.6. The Balaban J connectivity index is 1.34. The smallest absolute Gasteiger partial charge is 0.225 e. The predicted molar refractivity (Wildman–Crippen MR) is 116 cm³/mol. The van der Waals surface area contributed by atoms with Crippen LogP contribution in [0.1, 0.15) is 55.8 Å². The number of sulfone groups is 1. The highest BCUT2D eigenvalue weighted by Crippen LogP contribution is 2.28. The number of ether oxygens (including phenoxy) is 1. The standard InChI is InChI=1S/C22H29N3O4S/c1-16-13-21(25(24-16)18-11-12-30(27,28)15-18)23-22(26)10-9-17-5-4-8-20(14-17)29-19-6-2-3-7-19/h4-5,8,13-14,18-19H,2-3,6-7,9-12,15H2,1H3,(H,23,26). The maximum Gasteiger partial charge on any atom is 0.225 e. The first kappa shape index (κ1) is 20.9. The maximum atomic E-state index is 12.6. The number of carbonyl (C=O) groups is 1. The number of rotatable bonds is 7. The first-order chi connectivity index (χ1) is 14.4. The van der Waals surface area contributed by atoms with Crippen molar-refractivity contribution in [2.45, 2.75) is 64.0 Å². The lowest BCUT2D eigenvalue weighted by Gasteiger charge is -2.14. The Hall–Kier alpha value is -2.35. The minimum Gasteiger partial charge on any atom is -0.490 e. The number of nitrogens with one attached hydrogen (secondary N) is 1. The summed E-state index contributed by atoms with van der Waals surface area (Å²) >= 11 is 0. The van der Waals surface area contributed by atoms with E-state index in [9.17, 15) is 13.2 Å². The van der Waals surface area contributed by atoms with E-state index >= 15 is 0 Å². The van der Waals surface area contributed by atoms with Crippen LogP contribution in [0.15, 0.2) is 30.3 Å². The van der Waals surface area contributed by atoms with Crippen LogP contribution in [0.4, 0.5) is 5.82 Å². The van der Waals surface area contributed by atoms with Crippen molar-refractivity contribution in [2.75, 3.05) is 16.8 Å². The van der Waals surface area contributed by atoms with E-state index in [0.717, 1.165) is 29.8 Å². The van der Waals surface area contributed by atoms with E-state index in [1.54, 1.807) is 10.7 Å². The van der Waals surface area contributed by atoms with Gasteiger partial charge in [0.05, 0.1) is 29.3 Å². The van der Waals surface area contributed by atoms with Gasteiger partial charge in [-0.1, -0.05) is 12.1 Å². The number of aromatic nitrogens is 2. The van der Waals surface area contributed by atoms with E-state index < -0.39 is 9.84 Å². The van der Waals surface area contributed by atoms with Crippen molar-refractivity contribution < 1.29 is 17.9 Å². The number of benzene rings is 1. The number of nitrogens with zero attached hydrogens (tertiary/aromatic N) is 2. The van der Waals surface area contributed by atoms with Crippen molar-refractivity contribution in [3.05, 3.63) is 41.6 Å². The molecule has 0 radical (unpaired) electrons. The largest absolute Gasteiger partial charge is 0.490 e. The van der Waals surface area contributed by atoms with Gasteiger partial charge in [0, 0.05) is 12.5 Å². The molecule has 2 aliphatic rings. The molecule has 2 heterocycles. The zero-order valence-corrected chi connectivity index (χ0v) is 18.2. The molecule has 4 rings (SSSR count). The van der Waals surface area contributed by atoms with E-state index in [0.29, 0.717) is 31.2 Å². The third-order valence-electron chi connectivity index (χ3n) is 5.82. The second kappa shape index (κ2) is 8.79. The fourth-order valence-corrected chi connectivity index (χ4v) is 5.98. The van der Waals surface area contributed by atoms with Gasteiger partial charge in [-0.2, -0.15) is 5.10 Å². The first-order valence-electron chi connectivity index (χ1n) is 10.7. The molecular formula is C22H29N3O4S. The molecule has 8 heteroatoms. The summed E-state index contributed by atoms with van der Waals surface area (Å²) in [7, 11) is -3.02. The van der Waals surface area contributed by atoms with Crippen molar-refractivity contribution in [2.24, 2.45) is 0 Å². The van der Waals surface area contributed by atoms with Gasteiger partial charge in [0.15, 0.2) is 9.84 Å². The van der Waals surface area contributed by atoms with E-state index in [-0.39, 0.29) is 23.5 Å². The molecule has 1 saturated heterocycles. The van der Waals surface area contributed by atoms with Gasteiger partial charge < -0.3 is 10.1 Å². The van der Waals surface area contributed by atoms with Crippen LogP contribution in [0, 0.1) is 6.92 Å². The van der Waals surface area contributed by atoms with Crippen LogP contribution in [-0.4, -0.2) is 41.7 Å². The van der Waals surface area contributed by atoms with Crippen molar-refractivity contribution in [3.63, 3.8) is 0 Å². The van der Waals surface area contributed by atoms with Crippen LogP contribution < -0.4 is 10.1 Å². The van der Waals surface area contributed by atoms with E-state index in [2.05, 4.69) is 10.4 Å². The lowest BCUT2D eigenvalue weighted by atomic mass is 10.1. The maximum absolute atomic E-state index is 12.6. The minimum absolute atomic E-state index is 0.0742. The highest BCUT2D eigenvalue weighted by atomic mass is 32.2. The van der Waals surface area contributed by atoms with Gasteiger partial charge in [-0.15, -0.1) is 0 Å². The summed E-state index contributed by atoms with van der Waals surface area (Å²) in [5.41, 5.74) is 1.82. The lowest BCUT2D eigenvalue weighted by Crippen LogP contribution is -2.19. The molecule has 1 unspecified atom stereocenters. The van der Waals surface area contributed by atoms with Crippen LogP contribution in [-0.2, 0) is 21.1 Å². The quantitative estimate of drug-likeness (QED) is 0.725. The molecule has 1 N–H and O–H groups in total. The SMILES string of the molecule is Cc1cc(NC(=O)CCc2cccc(OC3CCCC3)c2)n(C2CCS(=O)(=O)C2)n1. The molecule has 1 saturated carbocycles. The Morgan fingerprint density at radius 1 is 1.23 bits per heavy atom. The summed E-state index contributed by atoms with van der Waals surface area (Å²) in [4.78, 5) is 12.6. The molecule has 1 aromatic heterocycles. The van der Waals surface area contributed by atoms with E-state index in [1.807, 2.05) is 31.2 Å². The molecule has 1 atom stereocenters. The summed E-state index contributed by atoms with van der Waals surface area (Å²) in [5.74, 6) is 1.57. The first-order valence-corrected chi connectivity index (χ1v) is 12.5. The molecule has 162 valence electrons. The Bertz CT molecular complexity index is 1010. The van der Waals surface area contributed by atoms with Crippen molar-refractivity contribution in [1.29, 1.82) is 0 Å². The second-order valence-electron chi connectivity index (χ2n) is 8.39. The number of amides is 1. The van der Waals surface area contributed by atoms with E-state index in [1.165, 1.54) is 12.8 Å². The normalized spacial score (nSPS) is 21.0. The fraction of sp³-hybridized carbons (Fsp3) is 0.545. The lowest BCUT2D eigenvalue weighted by molar-refractivity contribution is -0.116. The monoisotopic (exact) mass is 431 g/mol. The molecule has 2 fully saturated rings. The van der Waals surface area contributed by atoms with E-state index in [4.69, 9.17) is 4.74 Å². The third kappa shape index (κ3) is 5.22. The molecule has 2 aromatic rings. The zero-order chi connectivity index (χ0) is 21.1. The summed E-state index contributed by atoms with van der Waals surface area (Å²) in [6.45, 7) is 1.84. The Kier molecular flexibility index (Phi) is 6.13. The van der Waals surface area contributed by atoms with Crippen molar-refractivity contribution in [1.82, 2.24) is 9.78 Å². The Labute approximate surface area is 177 Å². The van der Waals surface area contributed by atoms with Gasteiger partial charge in [0.25, 0.3) is 0 Å². The number of hydrogen-bond acceptors (Lipinski definition) is 5. The molecule has 0 bridgehead atoms. The van der Waals surface area contributed by atoms with Gasteiger partial charge in [-0.05, 0) is 63.1 Å². The summed E-state index contributed by atoms with van der Waals surface area (Å²) < 4.78 is 31.3. The van der Waals surface area contributed by atoms with Crippen LogP contribution in [0.2, 0.25) is 0 Å². The number of carbonyl (C=O) groups excluding carboxylic acids is 1. The average molecular weight is 432 g/mol. The third-order valence-corrected chi connectivity index (χ3v) is 7.57. The molecule has 1 aliphatic heterocycles. The molecule has 1 aromatic carbocycles. The van der Waals surface area contributed by atoms with Gasteiger partial charge in [-0.3, -0.25) is 4.79 Å². The number of aryl methyl sites for hydroxylation is 2. The van der Waals surface area contributed by atoms with Gasteiger partial charge in [0.2, 0.25) is 5.91 Å².